The van der Waals surface area contributed by atoms with Gasteiger partial charge in [0.25, 0.3) is 5.22 Å². The van der Waals surface area contributed by atoms with Crippen molar-refractivity contribution in [2.45, 2.75) is 11.5 Å². The van der Waals surface area contributed by atoms with Crippen molar-refractivity contribution in [2.24, 2.45) is 0 Å². The molecular weight excluding hydrogens is 327 g/mol. The second kappa shape index (κ2) is 6.56. The molecule has 0 bridgehead atoms. The van der Waals surface area contributed by atoms with Crippen LogP contribution in [0, 0.1) is 5.82 Å². The molecule has 114 valence electrons. The van der Waals surface area contributed by atoms with E-state index in [9.17, 15) is 9.50 Å². The highest BCUT2D eigenvalue weighted by atomic mass is 35.5. The van der Waals surface area contributed by atoms with Crippen LogP contribution in [0.4, 0.5) is 10.1 Å². The van der Waals surface area contributed by atoms with E-state index in [2.05, 4.69) is 10.3 Å². The Bertz CT molecular complexity index is 779. The van der Waals surface area contributed by atoms with E-state index >= 15 is 0 Å². The Kier molecular flexibility index (Phi) is 4.52. The number of aromatic nitrogens is 1. The molecule has 0 saturated carbocycles. The van der Waals surface area contributed by atoms with E-state index < -0.39 is 6.23 Å². The zero-order chi connectivity index (χ0) is 15.5. The lowest BCUT2D eigenvalue weighted by Gasteiger charge is -2.12. The van der Waals surface area contributed by atoms with Gasteiger partial charge in [0, 0.05) is 16.5 Å². The van der Waals surface area contributed by atoms with Gasteiger partial charge in [-0.1, -0.05) is 23.4 Å². The summed E-state index contributed by atoms with van der Waals surface area (Å²) < 4.78 is 18.3. The van der Waals surface area contributed by atoms with Crippen molar-refractivity contribution in [2.75, 3.05) is 11.1 Å². The molecule has 0 saturated heterocycles. The number of rotatable bonds is 5. The molecule has 0 spiro atoms. The van der Waals surface area contributed by atoms with Gasteiger partial charge in [0.15, 0.2) is 5.58 Å². The van der Waals surface area contributed by atoms with Gasteiger partial charge in [-0.25, -0.2) is 9.37 Å². The molecule has 3 aromatic rings. The minimum Gasteiger partial charge on any atom is -0.431 e. The first kappa shape index (κ1) is 15.1. The molecular formula is C15H12ClFN2O2S. The van der Waals surface area contributed by atoms with Crippen LogP contribution in [0.5, 0.6) is 0 Å². The quantitative estimate of drug-likeness (QED) is 0.541. The minimum atomic E-state index is -0.811. The van der Waals surface area contributed by atoms with Crippen molar-refractivity contribution < 1.29 is 13.9 Å². The number of hydrogen-bond acceptors (Lipinski definition) is 5. The fourth-order valence-corrected chi connectivity index (χ4v) is 2.73. The topological polar surface area (TPSA) is 58.3 Å². The lowest BCUT2D eigenvalue weighted by molar-refractivity contribution is 0.228. The Hall–Kier alpha value is -1.76. The lowest BCUT2D eigenvalue weighted by Crippen LogP contribution is -2.21. The van der Waals surface area contributed by atoms with Gasteiger partial charge in [-0.3, -0.25) is 0 Å². The van der Waals surface area contributed by atoms with Gasteiger partial charge in [0.05, 0.1) is 0 Å². The molecule has 1 heterocycles. The number of halogens is 2. The highest BCUT2D eigenvalue weighted by Gasteiger charge is 2.10. The molecule has 0 fully saturated rings. The maximum Gasteiger partial charge on any atom is 0.256 e. The highest BCUT2D eigenvalue weighted by Crippen LogP contribution is 2.26. The summed E-state index contributed by atoms with van der Waals surface area (Å²) in [5.41, 5.74) is 1.96. The molecule has 4 nitrogen and oxygen atoms in total. The Balaban J connectivity index is 1.59. The van der Waals surface area contributed by atoms with Crippen LogP contribution in [0.3, 0.4) is 0 Å². The summed E-state index contributed by atoms with van der Waals surface area (Å²) in [7, 11) is 0. The number of oxazole rings is 1. The van der Waals surface area contributed by atoms with E-state index in [1.807, 2.05) is 0 Å². The van der Waals surface area contributed by atoms with Crippen LogP contribution in [0.1, 0.15) is 0 Å². The number of aliphatic hydroxyl groups excluding tert-OH is 1. The molecule has 0 aliphatic heterocycles. The largest absolute Gasteiger partial charge is 0.431 e. The van der Waals surface area contributed by atoms with Crippen LogP contribution < -0.4 is 5.32 Å². The lowest BCUT2D eigenvalue weighted by atomic mass is 10.3. The molecule has 0 aliphatic rings. The summed E-state index contributed by atoms with van der Waals surface area (Å²) in [5.74, 6) is 0.0114. The van der Waals surface area contributed by atoms with Gasteiger partial charge in [-0.15, -0.1) is 0 Å². The van der Waals surface area contributed by atoms with Gasteiger partial charge in [0.2, 0.25) is 0 Å². The monoisotopic (exact) mass is 338 g/mol. The zero-order valence-electron chi connectivity index (χ0n) is 11.3. The predicted molar refractivity (Wildman–Crippen MR) is 85.8 cm³/mol. The summed E-state index contributed by atoms with van der Waals surface area (Å²) in [4.78, 5) is 4.29. The molecule has 0 radical (unpaired) electrons. The van der Waals surface area contributed by atoms with Crippen molar-refractivity contribution in [1.82, 2.24) is 4.98 Å². The van der Waals surface area contributed by atoms with E-state index in [4.69, 9.17) is 16.0 Å². The Morgan fingerprint density at radius 1 is 1.27 bits per heavy atom. The number of fused-ring (bicyclic) bond motifs is 1. The van der Waals surface area contributed by atoms with Crippen molar-refractivity contribution in [3.05, 3.63) is 53.3 Å². The number of anilines is 1. The van der Waals surface area contributed by atoms with E-state index in [-0.39, 0.29) is 5.82 Å². The molecule has 0 amide bonds. The van der Waals surface area contributed by atoms with Crippen molar-refractivity contribution in [3.63, 3.8) is 0 Å². The average molecular weight is 339 g/mol. The minimum absolute atomic E-state index is 0.320. The van der Waals surface area contributed by atoms with Crippen molar-refractivity contribution in [1.29, 1.82) is 0 Å². The number of nitrogens with one attached hydrogen (secondary N) is 1. The third-order valence-corrected chi connectivity index (χ3v) is 4.01. The molecule has 2 aromatic carbocycles. The van der Waals surface area contributed by atoms with Crippen LogP contribution in [0.2, 0.25) is 5.02 Å². The first-order valence-electron chi connectivity index (χ1n) is 6.49. The number of hydrogen-bond donors (Lipinski definition) is 2. The van der Waals surface area contributed by atoms with E-state index in [0.29, 0.717) is 32.8 Å². The van der Waals surface area contributed by atoms with Crippen LogP contribution in [0.15, 0.2) is 52.1 Å². The zero-order valence-corrected chi connectivity index (χ0v) is 12.9. The summed E-state index contributed by atoms with van der Waals surface area (Å²) in [6.45, 7) is 0. The summed E-state index contributed by atoms with van der Waals surface area (Å²) in [5, 5.41) is 13.8. The van der Waals surface area contributed by atoms with Crippen LogP contribution in [0.25, 0.3) is 11.1 Å². The molecule has 0 aliphatic carbocycles. The van der Waals surface area contributed by atoms with Gasteiger partial charge >= 0.3 is 0 Å². The smallest absolute Gasteiger partial charge is 0.256 e. The number of aliphatic hydroxyl groups is 1. The number of nitrogens with zero attached hydrogens (tertiary/aromatic N) is 1. The fraction of sp³-hybridized carbons (Fsp3) is 0.133. The van der Waals surface area contributed by atoms with Crippen molar-refractivity contribution >= 4 is 40.1 Å². The first-order valence-corrected chi connectivity index (χ1v) is 7.85. The molecule has 7 heteroatoms. The second-order valence-corrected chi connectivity index (χ2v) is 5.98. The standard InChI is InChI=1S/C15H12ClFN2O2S/c16-9-1-6-13-12(7-9)19-15(21-13)22-8-14(20)18-11-4-2-10(17)3-5-11/h1-7,14,18,20H,8H2. The summed E-state index contributed by atoms with van der Waals surface area (Å²) in [6, 6.07) is 11.0. The van der Waals surface area contributed by atoms with E-state index in [1.54, 1.807) is 30.3 Å². The molecule has 1 aromatic heterocycles. The molecule has 3 rings (SSSR count). The molecule has 22 heavy (non-hydrogen) atoms. The van der Waals surface area contributed by atoms with Crippen LogP contribution in [-0.4, -0.2) is 22.1 Å². The van der Waals surface area contributed by atoms with E-state index in [1.165, 1.54) is 23.9 Å². The Morgan fingerprint density at radius 3 is 2.82 bits per heavy atom. The number of benzene rings is 2. The predicted octanol–water partition coefficient (Wildman–Crippen LogP) is 4.14. The first-order chi connectivity index (χ1) is 10.6. The SMILES string of the molecule is OC(CSc1nc2cc(Cl)ccc2o1)Nc1ccc(F)cc1. The maximum atomic E-state index is 12.8. The van der Waals surface area contributed by atoms with Gasteiger partial charge in [0.1, 0.15) is 17.6 Å². The normalized spacial score (nSPS) is 12.5. The molecule has 2 N–H and O–H groups in total. The average Bonchev–Trinajstić information content (AvgIpc) is 2.89. The third-order valence-electron chi connectivity index (χ3n) is 2.87. The molecule has 1 atom stereocenters. The summed E-state index contributed by atoms with van der Waals surface area (Å²) >= 11 is 7.17. The molecule has 1 unspecified atom stereocenters. The fourth-order valence-electron chi connectivity index (χ4n) is 1.87. The Labute approximate surface area is 135 Å². The van der Waals surface area contributed by atoms with Gasteiger partial charge < -0.3 is 14.8 Å². The van der Waals surface area contributed by atoms with Gasteiger partial charge in [-0.05, 0) is 42.5 Å². The highest BCUT2D eigenvalue weighted by molar-refractivity contribution is 7.99. The Morgan fingerprint density at radius 2 is 2.05 bits per heavy atom. The van der Waals surface area contributed by atoms with Crippen LogP contribution >= 0.6 is 23.4 Å². The van der Waals surface area contributed by atoms with Gasteiger partial charge in [-0.2, -0.15) is 0 Å². The number of thioether (sulfide) groups is 1. The van der Waals surface area contributed by atoms with Crippen LogP contribution in [-0.2, 0) is 0 Å². The maximum absolute atomic E-state index is 12.8. The van der Waals surface area contributed by atoms with Crippen molar-refractivity contribution in [3.8, 4) is 0 Å². The van der Waals surface area contributed by atoms with E-state index in [0.717, 1.165) is 0 Å². The summed E-state index contributed by atoms with van der Waals surface area (Å²) in [6.07, 6.45) is -0.811. The second-order valence-electron chi connectivity index (χ2n) is 4.57. The third kappa shape index (κ3) is 3.71.